The Labute approximate surface area is 97.9 Å². The minimum Gasteiger partial charge on any atom is -0.394 e. The van der Waals surface area contributed by atoms with Crippen molar-refractivity contribution in [1.82, 2.24) is 9.55 Å². The highest BCUT2D eigenvalue weighted by Gasteiger charge is 2.39. The van der Waals surface area contributed by atoms with E-state index in [2.05, 4.69) is 4.98 Å². The summed E-state index contributed by atoms with van der Waals surface area (Å²) >= 11 is 0. The van der Waals surface area contributed by atoms with Crippen LogP contribution in [0.15, 0.2) is 21.9 Å². The van der Waals surface area contributed by atoms with Crippen LogP contribution in [0.1, 0.15) is 20.1 Å². The second kappa shape index (κ2) is 4.46. The Bertz CT molecular complexity index is 507. The van der Waals surface area contributed by atoms with E-state index in [0.717, 1.165) is 0 Å². The largest absolute Gasteiger partial charge is 0.394 e. The Balaban J connectivity index is 2.35. The summed E-state index contributed by atoms with van der Waals surface area (Å²) in [7, 11) is 0. The number of aliphatic hydroxyl groups is 1. The topological polar surface area (TPSA) is 84.3 Å². The highest BCUT2D eigenvalue weighted by atomic mass is 16.5. The van der Waals surface area contributed by atoms with Crippen molar-refractivity contribution in [2.75, 3.05) is 6.61 Å². The normalized spacial score (nSPS) is 32.9. The molecule has 0 saturated carbocycles. The van der Waals surface area contributed by atoms with E-state index in [0.29, 0.717) is 0 Å². The number of rotatable bonds is 2. The summed E-state index contributed by atoms with van der Waals surface area (Å²) in [4.78, 5) is 24.8. The Morgan fingerprint density at radius 2 is 2.12 bits per heavy atom. The molecule has 0 aromatic carbocycles. The molecule has 2 N–H and O–H groups in total. The lowest BCUT2D eigenvalue weighted by molar-refractivity contribution is -0.0376. The van der Waals surface area contributed by atoms with Crippen molar-refractivity contribution in [2.45, 2.75) is 26.2 Å². The van der Waals surface area contributed by atoms with E-state index in [4.69, 9.17) is 9.84 Å². The van der Waals surface area contributed by atoms with Gasteiger partial charge in [0.05, 0.1) is 12.7 Å². The molecule has 1 unspecified atom stereocenters. The fraction of sp³-hybridized carbons (Fsp3) is 0.636. The lowest BCUT2D eigenvalue weighted by Gasteiger charge is -2.18. The van der Waals surface area contributed by atoms with E-state index in [1.54, 1.807) is 0 Å². The second-order valence-electron chi connectivity index (χ2n) is 4.48. The SMILES string of the molecule is CC1[C@@H](CO)O[C@@H](n2ccc(=O)[nH]c2=O)[C@H]1C. The summed E-state index contributed by atoms with van der Waals surface area (Å²) in [6.07, 6.45) is 0.717. The third-order valence-electron chi connectivity index (χ3n) is 3.49. The van der Waals surface area contributed by atoms with Crippen molar-refractivity contribution in [2.24, 2.45) is 11.8 Å². The standard InChI is InChI=1S/C11H16N2O4/c1-6-7(2)10(17-8(6)5-14)13-4-3-9(15)12-11(13)16/h3-4,6-8,10,14H,5H2,1-2H3,(H,12,15,16)/t6?,7-,8+,10+/m0/s1. The number of aliphatic hydroxyl groups excluding tert-OH is 1. The molecule has 94 valence electrons. The molecule has 1 aliphatic rings. The lowest BCUT2D eigenvalue weighted by Crippen LogP contribution is -2.33. The van der Waals surface area contributed by atoms with Crippen molar-refractivity contribution in [3.63, 3.8) is 0 Å². The number of H-pyrrole nitrogens is 1. The smallest absolute Gasteiger partial charge is 0.330 e. The average Bonchev–Trinajstić information content (AvgIpc) is 2.57. The summed E-state index contributed by atoms with van der Waals surface area (Å²) in [6, 6.07) is 1.29. The molecule has 17 heavy (non-hydrogen) atoms. The van der Waals surface area contributed by atoms with Crippen molar-refractivity contribution >= 4 is 0 Å². The highest BCUT2D eigenvalue weighted by Crippen LogP contribution is 2.37. The summed E-state index contributed by atoms with van der Waals surface area (Å²) < 4.78 is 6.99. The molecular formula is C11H16N2O4. The molecule has 1 fully saturated rings. The zero-order chi connectivity index (χ0) is 12.6. The summed E-state index contributed by atoms with van der Waals surface area (Å²) in [5, 5.41) is 9.16. The van der Waals surface area contributed by atoms with Crippen LogP contribution in [-0.2, 0) is 4.74 Å². The lowest BCUT2D eigenvalue weighted by atomic mass is 9.93. The van der Waals surface area contributed by atoms with E-state index < -0.39 is 17.5 Å². The van der Waals surface area contributed by atoms with E-state index in [1.165, 1.54) is 16.8 Å². The summed E-state index contributed by atoms with van der Waals surface area (Å²) in [6.45, 7) is 3.87. The molecule has 1 aliphatic heterocycles. The molecule has 1 aromatic rings. The van der Waals surface area contributed by atoms with Crippen molar-refractivity contribution in [3.05, 3.63) is 33.1 Å². The number of ether oxygens (including phenoxy) is 1. The van der Waals surface area contributed by atoms with Gasteiger partial charge in [-0.1, -0.05) is 13.8 Å². The molecule has 1 aromatic heterocycles. The molecular weight excluding hydrogens is 224 g/mol. The average molecular weight is 240 g/mol. The molecule has 0 aliphatic carbocycles. The van der Waals surface area contributed by atoms with Gasteiger partial charge in [0.1, 0.15) is 6.23 Å². The molecule has 4 atom stereocenters. The van der Waals surface area contributed by atoms with Crippen molar-refractivity contribution < 1.29 is 9.84 Å². The van der Waals surface area contributed by atoms with Crippen LogP contribution in [0.3, 0.4) is 0 Å². The second-order valence-corrected chi connectivity index (χ2v) is 4.48. The van der Waals surface area contributed by atoms with Crippen LogP contribution in [0.5, 0.6) is 0 Å². The third-order valence-corrected chi connectivity index (χ3v) is 3.49. The predicted octanol–water partition coefficient (Wildman–Crippen LogP) is -0.302. The van der Waals surface area contributed by atoms with Crippen LogP contribution in [0.4, 0.5) is 0 Å². The van der Waals surface area contributed by atoms with Gasteiger partial charge >= 0.3 is 5.69 Å². The van der Waals surface area contributed by atoms with Gasteiger partial charge in [0.15, 0.2) is 0 Å². The van der Waals surface area contributed by atoms with Crippen LogP contribution in [0, 0.1) is 11.8 Å². The minimum absolute atomic E-state index is 0.0693. The first-order valence-electron chi connectivity index (χ1n) is 5.62. The Morgan fingerprint density at radius 1 is 1.41 bits per heavy atom. The van der Waals surface area contributed by atoms with Crippen LogP contribution in [0.2, 0.25) is 0 Å². The molecule has 2 heterocycles. The minimum atomic E-state index is -0.486. The first-order valence-corrected chi connectivity index (χ1v) is 5.62. The van der Waals surface area contributed by atoms with Gasteiger partial charge in [0.25, 0.3) is 5.56 Å². The predicted molar refractivity (Wildman–Crippen MR) is 60.6 cm³/mol. The number of nitrogens with zero attached hydrogens (tertiary/aromatic N) is 1. The van der Waals surface area contributed by atoms with E-state index in [1.807, 2.05) is 13.8 Å². The van der Waals surface area contributed by atoms with Crippen LogP contribution >= 0.6 is 0 Å². The number of aromatic amines is 1. The van der Waals surface area contributed by atoms with Gasteiger partial charge in [-0.05, 0) is 5.92 Å². The molecule has 0 bridgehead atoms. The van der Waals surface area contributed by atoms with Gasteiger partial charge in [-0.3, -0.25) is 14.3 Å². The summed E-state index contributed by atoms with van der Waals surface area (Å²) in [5.74, 6) is 0.250. The third kappa shape index (κ3) is 2.05. The fourth-order valence-corrected chi connectivity index (χ4v) is 2.18. The maximum atomic E-state index is 11.6. The maximum Gasteiger partial charge on any atom is 0.330 e. The molecule has 2 rings (SSSR count). The molecule has 0 amide bonds. The van der Waals surface area contributed by atoms with Crippen LogP contribution < -0.4 is 11.2 Å². The van der Waals surface area contributed by atoms with Crippen LogP contribution in [-0.4, -0.2) is 27.4 Å². The molecule has 0 spiro atoms. The highest BCUT2D eigenvalue weighted by molar-refractivity contribution is 4.90. The van der Waals surface area contributed by atoms with E-state index >= 15 is 0 Å². The molecule has 6 heteroatoms. The molecule has 6 nitrogen and oxygen atoms in total. The van der Waals surface area contributed by atoms with Crippen molar-refractivity contribution in [3.8, 4) is 0 Å². The fourth-order valence-electron chi connectivity index (χ4n) is 2.18. The quantitative estimate of drug-likeness (QED) is 0.743. The van der Waals surface area contributed by atoms with Gasteiger partial charge < -0.3 is 9.84 Å². The number of hydrogen-bond donors (Lipinski definition) is 2. The zero-order valence-corrected chi connectivity index (χ0v) is 9.79. The summed E-state index contributed by atoms with van der Waals surface area (Å²) in [5.41, 5.74) is -0.913. The Kier molecular flexibility index (Phi) is 3.17. The Morgan fingerprint density at radius 3 is 2.65 bits per heavy atom. The zero-order valence-electron chi connectivity index (χ0n) is 9.79. The Hall–Kier alpha value is -1.40. The first kappa shape index (κ1) is 12.1. The van der Waals surface area contributed by atoms with Crippen molar-refractivity contribution in [1.29, 1.82) is 0 Å². The first-order chi connectivity index (χ1) is 8.04. The number of nitrogens with one attached hydrogen (secondary N) is 1. The van der Waals surface area contributed by atoms with Gasteiger partial charge in [-0.15, -0.1) is 0 Å². The van der Waals surface area contributed by atoms with E-state index in [9.17, 15) is 9.59 Å². The molecule has 0 radical (unpaired) electrons. The number of hydrogen-bond acceptors (Lipinski definition) is 4. The van der Waals surface area contributed by atoms with Gasteiger partial charge in [-0.25, -0.2) is 4.79 Å². The van der Waals surface area contributed by atoms with Crippen LogP contribution in [0.25, 0.3) is 0 Å². The van der Waals surface area contributed by atoms with Gasteiger partial charge in [-0.2, -0.15) is 0 Å². The monoisotopic (exact) mass is 240 g/mol. The van der Waals surface area contributed by atoms with Gasteiger partial charge in [0, 0.05) is 18.2 Å². The molecule has 1 saturated heterocycles. The van der Waals surface area contributed by atoms with E-state index in [-0.39, 0.29) is 24.5 Å². The maximum absolute atomic E-state index is 11.6. The van der Waals surface area contributed by atoms with Gasteiger partial charge in [0.2, 0.25) is 0 Å². The number of aromatic nitrogens is 2.